The summed E-state index contributed by atoms with van der Waals surface area (Å²) in [4.78, 5) is 14.0. The maximum absolute atomic E-state index is 11.7. The third-order valence-electron chi connectivity index (χ3n) is 3.96. The standard InChI is InChI=1S/C13H25N3O/c1-16-8-6-11(10-16)9-15-13(17)5-4-12-3-2-7-14-12/h11-12,14H,2-10H2,1H3,(H,15,17). The average molecular weight is 239 g/mol. The Hall–Kier alpha value is -0.610. The average Bonchev–Trinajstić information content (AvgIpc) is 2.95. The molecule has 2 N–H and O–H groups in total. The minimum atomic E-state index is 0.230. The van der Waals surface area contributed by atoms with Crippen molar-refractivity contribution < 1.29 is 4.79 Å². The van der Waals surface area contributed by atoms with Crippen LogP contribution in [-0.4, -0.2) is 50.1 Å². The number of amides is 1. The zero-order valence-electron chi connectivity index (χ0n) is 10.9. The van der Waals surface area contributed by atoms with Crippen molar-refractivity contribution in [1.29, 1.82) is 0 Å². The molecule has 0 aromatic heterocycles. The van der Waals surface area contributed by atoms with Gasteiger partial charge in [0.05, 0.1) is 0 Å². The van der Waals surface area contributed by atoms with E-state index in [-0.39, 0.29) is 5.91 Å². The summed E-state index contributed by atoms with van der Waals surface area (Å²) in [6.45, 7) is 4.29. The monoisotopic (exact) mass is 239 g/mol. The highest BCUT2D eigenvalue weighted by Crippen LogP contribution is 2.13. The molecule has 2 fully saturated rings. The first-order valence-corrected chi connectivity index (χ1v) is 6.92. The molecule has 4 nitrogen and oxygen atoms in total. The Morgan fingerprint density at radius 2 is 2.35 bits per heavy atom. The van der Waals surface area contributed by atoms with Gasteiger partial charge in [-0.3, -0.25) is 4.79 Å². The van der Waals surface area contributed by atoms with Crippen molar-refractivity contribution in [2.45, 2.75) is 38.1 Å². The third-order valence-corrected chi connectivity index (χ3v) is 3.96. The number of likely N-dealkylation sites (tertiary alicyclic amines) is 1. The van der Waals surface area contributed by atoms with Crippen LogP contribution < -0.4 is 10.6 Å². The highest BCUT2D eigenvalue weighted by Gasteiger charge is 2.20. The minimum Gasteiger partial charge on any atom is -0.356 e. The molecule has 17 heavy (non-hydrogen) atoms. The van der Waals surface area contributed by atoms with E-state index >= 15 is 0 Å². The maximum Gasteiger partial charge on any atom is 0.220 e. The predicted octanol–water partition coefficient (Wildman–Crippen LogP) is 0.587. The van der Waals surface area contributed by atoms with Gasteiger partial charge in [-0.05, 0) is 51.7 Å². The molecule has 2 unspecified atom stereocenters. The Balaban J connectivity index is 1.54. The molecule has 2 rings (SSSR count). The second-order valence-corrected chi connectivity index (χ2v) is 5.55. The lowest BCUT2D eigenvalue weighted by atomic mass is 10.1. The second kappa shape index (κ2) is 6.36. The fourth-order valence-corrected chi connectivity index (χ4v) is 2.85. The SMILES string of the molecule is CN1CCC(CNC(=O)CCC2CCCN2)C1. The topological polar surface area (TPSA) is 44.4 Å². The predicted molar refractivity (Wildman–Crippen MR) is 68.9 cm³/mol. The van der Waals surface area contributed by atoms with Crippen molar-refractivity contribution >= 4 is 5.91 Å². The number of hydrogen-bond donors (Lipinski definition) is 2. The van der Waals surface area contributed by atoms with Crippen molar-refractivity contribution in [2.24, 2.45) is 5.92 Å². The number of carbonyl (C=O) groups excluding carboxylic acids is 1. The lowest BCUT2D eigenvalue weighted by Gasteiger charge is -2.13. The van der Waals surface area contributed by atoms with Crippen LogP contribution in [0, 0.1) is 5.92 Å². The van der Waals surface area contributed by atoms with Gasteiger partial charge in [-0.1, -0.05) is 0 Å². The van der Waals surface area contributed by atoms with Crippen LogP contribution in [0.15, 0.2) is 0 Å². The van der Waals surface area contributed by atoms with Crippen LogP contribution in [0.25, 0.3) is 0 Å². The molecule has 2 aliphatic heterocycles. The highest BCUT2D eigenvalue weighted by atomic mass is 16.1. The zero-order chi connectivity index (χ0) is 12.1. The van der Waals surface area contributed by atoms with Gasteiger partial charge in [-0.15, -0.1) is 0 Å². The molecule has 0 radical (unpaired) electrons. The van der Waals surface area contributed by atoms with Gasteiger partial charge >= 0.3 is 0 Å². The van der Waals surface area contributed by atoms with Crippen molar-refractivity contribution in [3.8, 4) is 0 Å². The van der Waals surface area contributed by atoms with Crippen LogP contribution in [0.1, 0.15) is 32.1 Å². The number of carbonyl (C=O) groups is 1. The van der Waals surface area contributed by atoms with Crippen LogP contribution in [0.5, 0.6) is 0 Å². The molecule has 98 valence electrons. The van der Waals surface area contributed by atoms with E-state index in [1.54, 1.807) is 0 Å². The van der Waals surface area contributed by atoms with Crippen LogP contribution in [0.3, 0.4) is 0 Å². The summed E-state index contributed by atoms with van der Waals surface area (Å²) in [6.07, 6.45) is 5.40. The van der Waals surface area contributed by atoms with Crippen LogP contribution in [0.2, 0.25) is 0 Å². The van der Waals surface area contributed by atoms with Gasteiger partial charge in [0.25, 0.3) is 0 Å². The molecule has 2 aliphatic rings. The van der Waals surface area contributed by atoms with Crippen molar-refractivity contribution in [2.75, 3.05) is 33.2 Å². The number of hydrogen-bond acceptors (Lipinski definition) is 3. The van der Waals surface area contributed by atoms with Crippen LogP contribution in [0.4, 0.5) is 0 Å². The Morgan fingerprint density at radius 1 is 1.47 bits per heavy atom. The minimum absolute atomic E-state index is 0.230. The van der Waals surface area contributed by atoms with Crippen molar-refractivity contribution in [3.05, 3.63) is 0 Å². The molecule has 0 aromatic rings. The van der Waals surface area contributed by atoms with E-state index in [0.717, 1.165) is 26.1 Å². The molecule has 0 spiro atoms. The third kappa shape index (κ3) is 4.28. The first-order valence-electron chi connectivity index (χ1n) is 6.92. The number of rotatable bonds is 5. The van der Waals surface area contributed by atoms with E-state index in [9.17, 15) is 4.79 Å². The summed E-state index contributed by atoms with van der Waals surface area (Å²) in [7, 11) is 2.15. The van der Waals surface area contributed by atoms with Gasteiger partial charge < -0.3 is 15.5 Å². The van der Waals surface area contributed by atoms with E-state index in [0.29, 0.717) is 18.4 Å². The van der Waals surface area contributed by atoms with Gasteiger partial charge in [0.15, 0.2) is 0 Å². The van der Waals surface area contributed by atoms with E-state index in [1.807, 2.05) is 0 Å². The molecule has 0 aliphatic carbocycles. The molecule has 0 aromatic carbocycles. The van der Waals surface area contributed by atoms with Crippen molar-refractivity contribution in [1.82, 2.24) is 15.5 Å². The van der Waals surface area contributed by atoms with Gasteiger partial charge in [-0.2, -0.15) is 0 Å². The lowest BCUT2D eigenvalue weighted by Crippen LogP contribution is -2.31. The van der Waals surface area contributed by atoms with Gasteiger partial charge in [-0.25, -0.2) is 0 Å². The molecule has 2 atom stereocenters. The van der Waals surface area contributed by atoms with E-state index < -0.39 is 0 Å². The fraction of sp³-hybridized carbons (Fsp3) is 0.923. The summed E-state index contributed by atoms with van der Waals surface area (Å²) in [6, 6.07) is 0.582. The van der Waals surface area contributed by atoms with Gasteiger partial charge in [0.2, 0.25) is 5.91 Å². The Bertz CT molecular complexity index is 251. The number of nitrogens with zero attached hydrogens (tertiary/aromatic N) is 1. The molecule has 2 heterocycles. The molecule has 4 heteroatoms. The number of nitrogens with one attached hydrogen (secondary N) is 2. The quantitative estimate of drug-likeness (QED) is 0.738. The second-order valence-electron chi connectivity index (χ2n) is 5.55. The molecule has 0 bridgehead atoms. The molecule has 0 saturated carbocycles. The first-order chi connectivity index (χ1) is 8.24. The Morgan fingerprint density at radius 3 is 3.00 bits per heavy atom. The summed E-state index contributed by atoms with van der Waals surface area (Å²) in [5.41, 5.74) is 0. The normalized spacial score (nSPS) is 29.7. The summed E-state index contributed by atoms with van der Waals surface area (Å²) in [5.74, 6) is 0.891. The molecule has 2 saturated heterocycles. The fourth-order valence-electron chi connectivity index (χ4n) is 2.85. The Labute approximate surface area is 104 Å². The van der Waals surface area contributed by atoms with Gasteiger partial charge in [0.1, 0.15) is 0 Å². The Kier molecular flexibility index (Phi) is 4.80. The smallest absolute Gasteiger partial charge is 0.220 e. The van der Waals surface area contributed by atoms with Crippen LogP contribution in [-0.2, 0) is 4.79 Å². The highest BCUT2D eigenvalue weighted by molar-refractivity contribution is 5.75. The lowest BCUT2D eigenvalue weighted by molar-refractivity contribution is -0.121. The summed E-state index contributed by atoms with van der Waals surface area (Å²) in [5, 5.41) is 6.50. The largest absolute Gasteiger partial charge is 0.356 e. The maximum atomic E-state index is 11.7. The summed E-state index contributed by atoms with van der Waals surface area (Å²) >= 11 is 0. The summed E-state index contributed by atoms with van der Waals surface area (Å²) < 4.78 is 0. The zero-order valence-corrected chi connectivity index (χ0v) is 10.9. The molecular weight excluding hydrogens is 214 g/mol. The molecular formula is C13H25N3O. The molecule has 1 amide bonds. The van der Waals surface area contributed by atoms with Crippen LogP contribution >= 0.6 is 0 Å². The van der Waals surface area contributed by atoms with E-state index in [2.05, 4.69) is 22.6 Å². The van der Waals surface area contributed by atoms with Crippen molar-refractivity contribution in [3.63, 3.8) is 0 Å². The van der Waals surface area contributed by atoms with E-state index in [4.69, 9.17) is 0 Å². The van der Waals surface area contributed by atoms with Gasteiger partial charge in [0, 0.05) is 25.6 Å². The van der Waals surface area contributed by atoms with E-state index in [1.165, 1.54) is 25.8 Å². The first kappa shape index (κ1) is 12.8.